The van der Waals surface area contributed by atoms with Crippen LogP contribution >= 0.6 is 27.5 Å². The first-order valence-corrected chi connectivity index (χ1v) is 7.55. The molecule has 0 aromatic heterocycles. The van der Waals surface area contributed by atoms with Gasteiger partial charge < -0.3 is 10.1 Å². The Labute approximate surface area is 137 Å². The van der Waals surface area contributed by atoms with Crippen molar-refractivity contribution in [3.63, 3.8) is 0 Å². The van der Waals surface area contributed by atoms with Gasteiger partial charge in [-0.3, -0.25) is 0 Å². The van der Waals surface area contributed by atoms with Crippen molar-refractivity contribution in [1.82, 2.24) is 0 Å². The first-order chi connectivity index (χ1) is 10.0. The van der Waals surface area contributed by atoms with E-state index in [1.54, 1.807) is 6.07 Å². The maximum atomic E-state index is 11.7. The molecule has 5 heteroatoms. The maximum Gasteiger partial charge on any atom is 0.338 e. The predicted molar refractivity (Wildman–Crippen MR) is 89.0 cm³/mol. The molecule has 0 heterocycles. The van der Waals surface area contributed by atoms with Crippen molar-refractivity contribution in [2.75, 3.05) is 12.4 Å². The maximum absolute atomic E-state index is 11.7. The first-order valence-electron chi connectivity index (χ1n) is 6.38. The lowest BCUT2D eigenvalue weighted by Gasteiger charge is -2.12. The summed E-state index contributed by atoms with van der Waals surface area (Å²) in [5.41, 5.74) is 3.31. The van der Waals surface area contributed by atoms with E-state index in [-0.39, 0.29) is 5.97 Å². The molecule has 110 valence electrons. The predicted octanol–water partition coefficient (Wildman–Crippen LogP) is 4.81. The van der Waals surface area contributed by atoms with Gasteiger partial charge in [-0.25, -0.2) is 4.79 Å². The highest BCUT2D eigenvalue weighted by Gasteiger charge is 2.11. The molecule has 0 amide bonds. The molecule has 0 unspecified atom stereocenters. The van der Waals surface area contributed by atoms with Gasteiger partial charge in [0.05, 0.1) is 18.4 Å². The van der Waals surface area contributed by atoms with Crippen LogP contribution in [0.3, 0.4) is 0 Å². The molecule has 0 saturated carbocycles. The minimum absolute atomic E-state index is 0.339. The number of carbonyl (C=O) groups is 1. The number of esters is 1. The highest BCUT2D eigenvalue weighted by atomic mass is 79.9. The minimum atomic E-state index is -0.339. The van der Waals surface area contributed by atoms with Crippen LogP contribution in [0.4, 0.5) is 5.69 Å². The Morgan fingerprint density at radius 1 is 1.33 bits per heavy atom. The normalized spacial score (nSPS) is 10.3. The second-order valence-electron chi connectivity index (χ2n) is 4.58. The van der Waals surface area contributed by atoms with E-state index in [2.05, 4.69) is 21.2 Å². The van der Waals surface area contributed by atoms with E-state index in [4.69, 9.17) is 16.3 Å². The Kier molecular flexibility index (Phi) is 5.26. The summed E-state index contributed by atoms with van der Waals surface area (Å²) in [7, 11) is 1.38. The average molecular weight is 369 g/mol. The molecule has 0 atom stereocenters. The summed E-state index contributed by atoms with van der Waals surface area (Å²) in [5.74, 6) is -0.339. The van der Waals surface area contributed by atoms with E-state index in [0.717, 1.165) is 21.3 Å². The Bertz CT molecular complexity index is 673. The number of halogens is 2. The second kappa shape index (κ2) is 6.96. The quantitative estimate of drug-likeness (QED) is 0.787. The standard InChI is InChI=1S/C16H15BrClNO2/c1-10-7-13(17)15(8-14(10)18)19-9-11-5-3-4-6-12(11)16(20)21-2/h3-8,19H,9H2,1-2H3. The molecule has 0 saturated heterocycles. The lowest BCUT2D eigenvalue weighted by atomic mass is 10.1. The van der Waals surface area contributed by atoms with Crippen molar-refractivity contribution in [2.45, 2.75) is 13.5 Å². The van der Waals surface area contributed by atoms with Crippen molar-refractivity contribution < 1.29 is 9.53 Å². The molecule has 21 heavy (non-hydrogen) atoms. The van der Waals surface area contributed by atoms with Gasteiger partial charge in [0.2, 0.25) is 0 Å². The number of aryl methyl sites for hydroxylation is 1. The molecular formula is C16H15BrClNO2. The third kappa shape index (κ3) is 3.77. The van der Waals surface area contributed by atoms with Crippen LogP contribution in [0.25, 0.3) is 0 Å². The van der Waals surface area contributed by atoms with Crippen molar-refractivity contribution in [2.24, 2.45) is 0 Å². The fraction of sp³-hybridized carbons (Fsp3) is 0.188. The van der Waals surface area contributed by atoms with Crippen molar-refractivity contribution in [3.8, 4) is 0 Å². The van der Waals surface area contributed by atoms with Gasteiger partial charge in [0.25, 0.3) is 0 Å². The molecule has 2 aromatic rings. The van der Waals surface area contributed by atoms with Crippen LogP contribution in [-0.4, -0.2) is 13.1 Å². The number of ether oxygens (including phenoxy) is 1. The number of nitrogens with one attached hydrogen (secondary N) is 1. The number of benzene rings is 2. The topological polar surface area (TPSA) is 38.3 Å². The summed E-state index contributed by atoms with van der Waals surface area (Å²) < 4.78 is 5.72. The Morgan fingerprint density at radius 3 is 2.76 bits per heavy atom. The van der Waals surface area contributed by atoms with Gasteiger partial charge in [0, 0.05) is 16.0 Å². The summed E-state index contributed by atoms with van der Waals surface area (Å²) in [6.45, 7) is 2.45. The molecule has 0 radical (unpaired) electrons. The van der Waals surface area contributed by atoms with Crippen LogP contribution < -0.4 is 5.32 Å². The molecule has 0 aliphatic heterocycles. The molecule has 0 bridgehead atoms. The van der Waals surface area contributed by atoms with Gasteiger partial charge in [-0.05, 0) is 52.2 Å². The van der Waals surface area contributed by atoms with Gasteiger partial charge in [-0.1, -0.05) is 29.8 Å². The van der Waals surface area contributed by atoms with Crippen LogP contribution in [0.1, 0.15) is 21.5 Å². The Hall–Kier alpha value is -1.52. The smallest absolute Gasteiger partial charge is 0.338 e. The SMILES string of the molecule is COC(=O)c1ccccc1CNc1cc(Cl)c(C)cc1Br. The third-order valence-electron chi connectivity index (χ3n) is 3.14. The van der Waals surface area contributed by atoms with E-state index in [1.165, 1.54) is 7.11 Å². The Morgan fingerprint density at radius 2 is 2.05 bits per heavy atom. The van der Waals surface area contributed by atoms with E-state index in [9.17, 15) is 4.79 Å². The molecule has 0 fully saturated rings. The highest BCUT2D eigenvalue weighted by Crippen LogP contribution is 2.29. The lowest BCUT2D eigenvalue weighted by Crippen LogP contribution is -2.09. The molecular weight excluding hydrogens is 354 g/mol. The van der Waals surface area contributed by atoms with Gasteiger partial charge >= 0.3 is 5.97 Å². The number of methoxy groups -OCH3 is 1. The van der Waals surface area contributed by atoms with Crippen LogP contribution in [-0.2, 0) is 11.3 Å². The number of hydrogen-bond donors (Lipinski definition) is 1. The fourth-order valence-corrected chi connectivity index (χ4v) is 2.72. The number of hydrogen-bond acceptors (Lipinski definition) is 3. The minimum Gasteiger partial charge on any atom is -0.465 e. The zero-order chi connectivity index (χ0) is 15.4. The molecule has 3 nitrogen and oxygen atoms in total. The summed E-state index contributed by atoms with van der Waals surface area (Å²) in [6.07, 6.45) is 0. The zero-order valence-corrected chi connectivity index (χ0v) is 14.1. The molecule has 0 spiro atoms. The van der Waals surface area contributed by atoms with Crippen molar-refractivity contribution >= 4 is 39.2 Å². The summed E-state index contributed by atoms with van der Waals surface area (Å²) in [4.78, 5) is 11.7. The molecule has 0 aliphatic rings. The van der Waals surface area contributed by atoms with Crippen LogP contribution in [0.2, 0.25) is 5.02 Å². The average Bonchev–Trinajstić information content (AvgIpc) is 2.49. The van der Waals surface area contributed by atoms with Gasteiger partial charge in [-0.15, -0.1) is 0 Å². The Balaban J connectivity index is 2.21. The first kappa shape index (κ1) is 15.9. The largest absolute Gasteiger partial charge is 0.465 e. The van der Waals surface area contributed by atoms with Crippen molar-refractivity contribution in [3.05, 3.63) is 62.6 Å². The molecule has 2 aromatic carbocycles. The molecule has 1 N–H and O–H groups in total. The van der Waals surface area contributed by atoms with Gasteiger partial charge in [0.15, 0.2) is 0 Å². The van der Waals surface area contributed by atoms with Crippen molar-refractivity contribution in [1.29, 1.82) is 0 Å². The lowest BCUT2D eigenvalue weighted by molar-refractivity contribution is 0.0599. The van der Waals surface area contributed by atoms with E-state index in [0.29, 0.717) is 17.1 Å². The monoisotopic (exact) mass is 367 g/mol. The van der Waals surface area contributed by atoms with Gasteiger partial charge in [0.1, 0.15) is 0 Å². The second-order valence-corrected chi connectivity index (χ2v) is 5.85. The number of rotatable bonds is 4. The summed E-state index contributed by atoms with van der Waals surface area (Å²) in [5, 5.41) is 3.97. The third-order valence-corrected chi connectivity index (χ3v) is 4.20. The van der Waals surface area contributed by atoms with E-state index < -0.39 is 0 Å². The highest BCUT2D eigenvalue weighted by molar-refractivity contribution is 9.10. The fourth-order valence-electron chi connectivity index (χ4n) is 1.96. The van der Waals surface area contributed by atoms with Crippen LogP contribution in [0.15, 0.2) is 40.9 Å². The molecule has 0 aliphatic carbocycles. The van der Waals surface area contributed by atoms with E-state index >= 15 is 0 Å². The number of carbonyl (C=O) groups excluding carboxylic acids is 1. The summed E-state index contributed by atoms with van der Waals surface area (Å²) in [6, 6.07) is 11.2. The van der Waals surface area contributed by atoms with E-state index in [1.807, 2.05) is 37.3 Å². The summed E-state index contributed by atoms with van der Waals surface area (Å²) >= 11 is 9.64. The molecule has 2 rings (SSSR count). The van der Waals surface area contributed by atoms with Crippen LogP contribution in [0, 0.1) is 6.92 Å². The zero-order valence-electron chi connectivity index (χ0n) is 11.7. The van der Waals surface area contributed by atoms with Crippen LogP contribution in [0.5, 0.6) is 0 Å². The number of anilines is 1. The van der Waals surface area contributed by atoms with Gasteiger partial charge in [-0.2, -0.15) is 0 Å².